The van der Waals surface area contributed by atoms with Gasteiger partial charge in [-0.2, -0.15) is 0 Å². The Morgan fingerprint density at radius 1 is 0.625 bits per heavy atom. The highest BCUT2D eigenvalue weighted by atomic mass is 15.4. The second-order valence-corrected chi connectivity index (χ2v) is 6.29. The van der Waals surface area contributed by atoms with E-state index in [1.807, 2.05) is 0 Å². The SMILES string of the molecule is Cc1ccccc1C1N(c2ccccc2)CCN1c1ccccc1. The predicted molar refractivity (Wildman–Crippen MR) is 101 cm³/mol. The molecule has 0 radical (unpaired) electrons. The molecule has 1 saturated heterocycles. The summed E-state index contributed by atoms with van der Waals surface area (Å²) in [6, 6.07) is 30.2. The molecule has 0 saturated carbocycles. The van der Waals surface area contributed by atoms with Crippen LogP contribution >= 0.6 is 0 Å². The molecule has 1 aliphatic heterocycles. The molecule has 24 heavy (non-hydrogen) atoms. The molecule has 120 valence electrons. The molecule has 0 aliphatic carbocycles. The zero-order valence-corrected chi connectivity index (χ0v) is 14.0. The third kappa shape index (κ3) is 2.65. The number of hydrogen-bond acceptors (Lipinski definition) is 2. The van der Waals surface area contributed by atoms with E-state index >= 15 is 0 Å². The van der Waals surface area contributed by atoms with Crippen LogP contribution in [-0.4, -0.2) is 13.1 Å². The molecular formula is C22H22N2. The van der Waals surface area contributed by atoms with Gasteiger partial charge in [-0.1, -0.05) is 60.7 Å². The number of nitrogens with zero attached hydrogens (tertiary/aromatic N) is 2. The van der Waals surface area contributed by atoms with Crippen LogP contribution in [0.4, 0.5) is 11.4 Å². The molecule has 1 aliphatic rings. The van der Waals surface area contributed by atoms with Crippen LogP contribution in [0.5, 0.6) is 0 Å². The smallest absolute Gasteiger partial charge is 0.128 e. The Morgan fingerprint density at radius 2 is 1.08 bits per heavy atom. The van der Waals surface area contributed by atoms with Crippen molar-refractivity contribution in [1.82, 2.24) is 0 Å². The van der Waals surface area contributed by atoms with E-state index in [1.165, 1.54) is 22.5 Å². The summed E-state index contributed by atoms with van der Waals surface area (Å²) < 4.78 is 0. The summed E-state index contributed by atoms with van der Waals surface area (Å²) >= 11 is 0. The van der Waals surface area contributed by atoms with Crippen molar-refractivity contribution < 1.29 is 0 Å². The van der Waals surface area contributed by atoms with Crippen LogP contribution in [0.25, 0.3) is 0 Å². The second kappa shape index (κ2) is 6.40. The van der Waals surface area contributed by atoms with Gasteiger partial charge in [-0.05, 0) is 42.3 Å². The summed E-state index contributed by atoms with van der Waals surface area (Å²) in [5.41, 5.74) is 5.28. The third-order valence-corrected chi connectivity index (χ3v) is 4.81. The van der Waals surface area contributed by atoms with Gasteiger partial charge < -0.3 is 9.80 Å². The van der Waals surface area contributed by atoms with Crippen LogP contribution in [0.1, 0.15) is 17.3 Å². The molecule has 0 unspecified atom stereocenters. The molecule has 0 amide bonds. The largest absolute Gasteiger partial charge is 0.346 e. The van der Waals surface area contributed by atoms with Gasteiger partial charge in [0.25, 0.3) is 0 Å². The van der Waals surface area contributed by atoms with Gasteiger partial charge >= 0.3 is 0 Å². The van der Waals surface area contributed by atoms with Crippen molar-refractivity contribution in [2.75, 3.05) is 22.9 Å². The first kappa shape index (κ1) is 14.8. The van der Waals surface area contributed by atoms with Crippen molar-refractivity contribution in [3.8, 4) is 0 Å². The van der Waals surface area contributed by atoms with Gasteiger partial charge in [0.2, 0.25) is 0 Å². The van der Waals surface area contributed by atoms with E-state index in [9.17, 15) is 0 Å². The van der Waals surface area contributed by atoms with Crippen LogP contribution < -0.4 is 9.80 Å². The summed E-state index contributed by atoms with van der Waals surface area (Å²) in [4.78, 5) is 5.02. The third-order valence-electron chi connectivity index (χ3n) is 4.81. The van der Waals surface area contributed by atoms with Gasteiger partial charge in [0, 0.05) is 24.5 Å². The zero-order valence-electron chi connectivity index (χ0n) is 14.0. The molecule has 2 heteroatoms. The Morgan fingerprint density at radius 3 is 1.58 bits per heavy atom. The van der Waals surface area contributed by atoms with Gasteiger partial charge in [-0.25, -0.2) is 0 Å². The standard InChI is InChI=1S/C22H22N2/c1-18-10-8-9-15-21(18)22-23(19-11-4-2-5-12-19)16-17-24(22)20-13-6-3-7-14-20/h2-15,22H,16-17H2,1H3. The average Bonchev–Trinajstić information content (AvgIpc) is 3.08. The lowest BCUT2D eigenvalue weighted by Gasteiger charge is -2.34. The minimum absolute atomic E-state index is 0.232. The molecule has 3 aromatic rings. The Bertz CT molecular complexity index is 751. The fourth-order valence-electron chi connectivity index (χ4n) is 3.62. The van der Waals surface area contributed by atoms with E-state index in [0.29, 0.717) is 0 Å². The Hall–Kier alpha value is -2.74. The second-order valence-electron chi connectivity index (χ2n) is 6.29. The van der Waals surface area contributed by atoms with Crippen molar-refractivity contribution in [2.45, 2.75) is 13.1 Å². The van der Waals surface area contributed by atoms with Gasteiger partial charge in [-0.3, -0.25) is 0 Å². The fourth-order valence-corrected chi connectivity index (χ4v) is 3.62. The molecule has 3 aromatic carbocycles. The van der Waals surface area contributed by atoms with E-state index in [1.54, 1.807) is 0 Å². The average molecular weight is 314 g/mol. The van der Waals surface area contributed by atoms with Crippen molar-refractivity contribution >= 4 is 11.4 Å². The molecule has 4 rings (SSSR count). The first-order chi connectivity index (χ1) is 11.8. The molecule has 0 spiro atoms. The molecule has 2 nitrogen and oxygen atoms in total. The minimum atomic E-state index is 0.232. The molecule has 0 atom stereocenters. The maximum absolute atomic E-state index is 2.51. The topological polar surface area (TPSA) is 6.48 Å². The quantitative estimate of drug-likeness (QED) is 0.669. The predicted octanol–water partition coefficient (Wildman–Crippen LogP) is 5.02. The highest BCUT2D eigenvalue weighted by Gasteiger charge is 2.34. The highest BCUT2D eigenvalue weighted by Crippen LogP contribution is 2.38. The van der Waals surface area contributed by atoms with Crippen molar-refractivity contribution in [1.29, 1.82) is 0 Å². The van der Waals surface area contributed by atoms with Crippen LogP contribution in [0.15, 0.2) is 84.9 Å². The summed E-state index contributed by atoms with van der Waals surface area (Å²) in [5.74, 6) is 0. The Balaban J connectivity index is 1.80. The lowest BCUT2D eigenvalue weighted by Crippen LogP contribution is -2.31. The number of rotatable bonds is 3. The maximum atomic E-state index is 2.51. The lowest BCUT2D eigenvalue weighted by atomic mass is 10.0. The van der Waals surface area contributed by atoms with E-state index in [2.05, 4.69) is 102 Å². The van der Waals surface area contributed by atoms with Crippen LogP contribution in [0.2, 0.25) is 0 Å². The van der Waals surface area contributed by atoms with E-state index < -0.39 is 0 Å². The normalized spacial score (nSPS) is 15.0. The number of hydrogen-bond donors (Lipinski definition) is 0. The van der Waals surface area contributed by atoms with E-state index in [4.69, 9.17) is 0 Å². The number of anilines is 2. The van der Waals surface area contributed by atoms with Gasteiger partial charge in [0.05, 0.1) is 0 Å². The summed E-state index contributed by atoms with van der Waals surface area (Å²) in [6.45, 7) is 4.26. The van der Waals surface area contributed by atoms with E-state index in [-0.39, 0.29) is 6.17 Å². The van der Waals surface area contributed by atoms with Gasteiger partial charge in [0.1, 0.15) is 6.17 Å². The summed E-state index contributed by atoms with van der Waals surface area (Å²) in [5, 5.41) is 0. The van der Waals surface area contributed by atoms with Crippen molar-refractivity contribution in [3.05, 3.63) is 96.1 Å². The number of para-hydroxylation sites is 2. The molecule has 1 fully saturated rings. The molecular weight excluding hydrogens is 292 g/mol. The number of aryl methyl sites for hydroxylation is 1. The van der Waals surface area contributed by atoms with Gasteiger partial charge in [-0.15, -0.1) is 0 Å². The summed E-state index contributed by atoms with van der Waals surface area (Å²) in [7, 11) is 0. The first-order valence-electron chi connectivity index (χ1n) is 8.53. The molecule has 0 bridgehead atoms. The number of benzene rings is 3. The van der Waals surface area contributed by atoms with Gasteiger partial charge in [0.15, 0.2) is 0 Å². The summed E-state index contributed by atoms with van der Waals surface area (Å²) in [6.07, 6.45) is 0.232. The molecule has 0 aromatic heterocycles. The Kier molecular flexibility index (Phi) is 3.96. The highest BCUT2D eigenvalue weighted by molar-refractivity contribution is 5.59. The van der Waals surface area contributed by atoms with Crippen molar-refractivity contribution in [2.24, 2.45) is 0 Å². The zero-order chi connectivity index (χ0) is 16.4. The minimum Gasteiger partial charge on any atom is -0.346 e. The molecule has 0 N–H and O–H groups in total. The lowest BCUT2D eigenvalue weighted by molar-refractivity contribution is 0.712. The van der Waals surface area contributed by atoms with Crippen LogP contribution in [0, 0.1) is 6.92 Å². The monoisotopic (exact) mass is 314 g/mol. The fraction of sp³-hybridized carbons (Fsp3) is 0.182. The molecule has 1 heterocycles. The van der Waals surface area contributed by atoms with Crippen LogP contribution in [0.3, 0.4) is 0 Å². The van der Waals surface area contributed by atoms with Crippen LogP contribution in [-0.2, 0) is 0 Å². The van der Waals surface area contributed by atoms with E-state index in [0.717, 1.165) is 13.1 Å². The Labute approximate surface area is 144 Å². The maximum Gasteiger partial charge on any atom is 0.128 e. The first-order valence-corrected chi connectivity index (χ1v) is 8.53. The van der Waals surface area contributed by atoms with Crippen molar-refractivity contribution in [3.63, 3.8) is 0 Å².